The molecule has 4 rings (SSSR count). The number of hydrazine groups is 1. The van der Waals surface area contributed by atoms with Crippen molar-refractivity contribution in [1.29, 1.82) is 0 Å². The lowest BCUT2D eigenvalue weighted by Gasteiger charge is -2.38. The molecule has 0 saturated carbocycles. The first-order chi connectivity index (χ1) is 15.1. The van der Waals surface area contributed by atoms with Gasteiger partial charge in [0.05, 0.1) is 17.9 Å². The van der Waals surface area contributed by atoms with Gasteiger partial charge in [0.15, 0.2) is 0 Å². The summed E-state index contributed by atoms with van der Waals surface area (Å²) >= 11 is 0. The van der Waals surface area contributed by atoms with E-state index in [9.17, 15) is 26.3 Å². The van der Waals surface area contributed by atoms with Gasteiger partial charge in [-0.05, 0) is 48.2 Å². The number of hydrogen-bond acceptors (Lipinski definition) is 5. The zero-order chi connectivity index (χ0) is 22.9. The van der Waals surface area contributed by atoms with Crippen LogP contribution in [0.25, 0.3) is 17.3 Å². The predicted molar refractivity (Wildman–Crippen MR) is 104 cm³/mol. The average molecular weight is 458 g/mol. The normalized spacial score (nSPS) is 17.8. The number of rotatable bonds is 4. The molecule has 0 aromatic heterocycles. The van der Waals surface area contributed by atoms with Crippen LogP contribution in [0.5, 0.6) is 5.75 Å². The third-order valence-electron chi connectivity index (χ3n) is 5.37. The topological polar surface area (TPSA) is 40.1 Å². The summed E-state index contributed by atoms with van der Waals surface area (Å²) in [6, 6.07) is 11.0. The van der Waals surface area contributed by atoms with E-state index in [0.717, 1.165) is 10.8 Å². The Balaban J connectivity index is 1.47. The molecule has 1 fully saturated rings. The van der Waals surface area contributed by atoms with E-state index in [1.54, 1.807) is 11.1 Å². The van der Waals surface area contributed by atoms with Crippen LogP contribution in [0.2, 0.25) is 0 Å². The number of benzene rings is 2. The Hall–Kier alpha value is -2.95. The van der Waals surface area contributed by atoms with Crippen molar-refractivity contribution in [3.05, 3.63) is 53.0 Å². The second kappa shape index (κ2) is 8.53. The molecule has 172 valence electrons. The fourth-order valence-electron chi connectivity index (χ4n) is 3.87. The molecule has 0 amide bonds. The lowest BCUT2D eigenvalue weighted by atomic mass is 10.0. The molecule has 0 radical (unpaired) electrons. The summed E-state index contributed by atoms with van der Waals surface area (Å²) in [7, 11) is 0. The zero-order valence-corrected chi connectivity index (χ0v) is 16.7. The second-order valence-electron chi connectivity index (χ2n) is 7.72. The van der Waals surface area contributed by atoms with Crippen LogP contribution in [0.1, 0.15) is 12.8 Å². The van der Waals surface area contributed by atoms with Gasteiger partial charge in [-0.1, -0.05) is 18.2 Å². The van der Waals surface area contributed by atoms with E-state index in [-0.39, 0.29) is 11.8 Å². The second-order valence-corrected chi connectivity index (χ2v) is 7.72. The average Bonchev–Trinajstić information content (AvgIpc) is 2.72. The number of alkyl halides is 6. The van der Waals surface area contributed by atoms with Crippen molar-refractivity contribution >= 4 is 6.20 Å². The Bertz CT molecular complexity index is 1060. The van der Waals surface area contributed by atoms with Crippen molar-refractivity contribution in [3.8, 4) is 16.9 Å². The summed E-state index contributed by atoms with van der Waals surface area (Å²) < 4.78 is 78.7. The molecule has 2 heterocycles. The largest absolute Gasteiger partial charge is 0.573 e. The number of piperidine rings is 1. The number of nitrogens with zero attached hydrogens (tertiary/aromatic N) is 3. The molecule has 0 spiro atoms. The Morgan fingerprint density at radius 2 is 1.59 bits per heavy atom. The summed E-state index contributed by atoms with van der Waals surface area (Å²) in [4.78, 5) is 1.40. The SMILES string of the molecule is FC(F)(F)CN1CCC(N2C=c3cc(-c4ccc(OC(F)(F)F)cc4)ccc3=NN2)CC1. The van der Waals surface area contributed by atoms with Gasteiger partial charge in [-0.25, -0.2) is 5.53 Å². The monoisotopic (exact) mass is 458 g/mol. The number of halogens is 6. The minimum atomic E-state index is -4.75. The molecule has 0 bridgehead atoms. The predicted octanol–water partition coefficient (Wildman–Crippen LogP) is 3.37. The van der Waals surface area contributed by atoms with Gasteiger partial charge >= 0.3 is 12.5 Å². The third kappa shape index (κ3) is 5.64. The van der Waals surface area contributed by atoms with Crippen molar-refractivity contribution in [1.82, 2.24) is 15.4 Å². The molecule has 32 heavy (non-hydrogen) atoms. The molecule has 1 saturated heterocycles. The molecule has 0 aliphatic carbocycles. The van der Waals surface area contributed by atoms with Crippen LogP contribution in [-0.2, 0) is 0 Å². The van der Waals surface area contributed by atoms with Gasteiger partial charge in [0.25, 0.3) is 0 Å². The smallest absolute Gasteiger partial charge is 0.406 e. The minimum absolute atomic E-state index is 0.00107. The van der Waals surface area contributed by atoms with Gasteiger partial charge in [-0.2, -0.15) is 18.3 Å². The highest BCUT2D eigenvalue weighted by molar-refractivity contribution is 5.64. The lowest BCUT2D eigenvalue weighted by molar-refractivity contribution is -0.274. The molecule has 11 heteroatoms. The fourth-order valence-corrected chi connectivity index (χ4v) is 3.87. The minimum Gasteiger partial charge on any atom is -0.406 e. The van der Waals surface area contributed by atoms with Crippen LogP contribution in [0, 0.1) is 0 Å². The van der Waals surface area contributed by atoms with E-state index in [1.807, 2.05) is 18.3 Å². The summed E-state index contributed by atoms with van der Waals surface area (Å²) in [6.45, 7) is -0.217. The highest BCUT2D eigenvalue weighted by atomic mass is 19.4. The van der Waals surface area contributed by atoms with E-state index in [4.69, 9.17) is 0 Å². The Morgan fingerprint density at radius 3 is 2.22 bits per heavy atom. The number of nitrogens with one attached hydrogen (secondary N) is 1. The Morgan fingerprint density at radius 1 is 0.938 bits per heavy atom. The summed E-state index contributed by atoms with van der Waals surface area (Å²) in [5, 5.41) is 7.62. The number of likely N-dealkylation sites (tertiary alicyclic amines) is 1. The molecule has 0 unspecified atom stereocenters. The van der Waals surface area contributed by atoms with Crippen molar-refractivity contribution < 1.29 is 31.1 Å². The van der Waals surface area contributed by atoms with Gasteiger partial charge < -0.3 is 4.74 Å². The standard InChI is InChI=1S/C21H20F6N4O/c22-20(23,24)13-30-9-7-17(8-10-30)31-12-16-11-15(3-6-19(16)28-29-31)14-1-4-18(5-2-14)32-21(25,26)27/h1-6,11-12,17,29H,7-10,13H2. The van der Waals surface area contributed by atoms with E-state index in [0.29, 0.717) is 36.9 Å². The van der Waals surface area contributed by atoms with Crippen molar-refractivity contribution in [2.75, 3.05) is 19.6 Å². The van der Waals surface area contributed by atoms with Crippen LogP contribution >= 0.6 is 0 Å². The van der Waals surface area contributed by atoms with Gasteiger partial charge in [-0.3, -0.25) is 9.91 Å². The van der Waals surface area contributed by atoms with E-state index in [2.05, 4.69) is 15.4 Å². The van der Waals surface area contributed by atoms with E-state index < -0.39 is 19.1 Å². The first-order valence-electron chi connectivity index (χ1n) is 9.95. The molecule has 1 N–H and O–H groups in total. The molecule has 2 aromatic carbocycles. The summed E-state index contributed by atoms with van der Waals surface area (Å²) in [5.41, 5.74) is 4.43. The zero-order valence-electron chi connectivity index (χ0n) is 16.7. The van der Waals surface area contributed by atoms with Crippen LogP contribution in [-0.4, -0.2) is 48.1 Å². The van der Waals surface area contributed by atoms with Gasteiger partial charge in [-0.15, -0.1) is 13.2 Å². The lowest BCUT2D eigenvalue weighted by Crippen LogP contribution is -2.52. The maximum atomic E-state index is 12.6. The maximum absolute atomic E-state index is 12.6. The number of hydrogen-bond donors (Lipinski definition) is 1. The highest BCUT2D eigenvalue weighted by Crippen LogP contribution is 2.26. The van der Waals surface area contributed by atoms with Gasteiger partial charge in [0.2, 0.25) is 0 Å². The molecule has 5 nitrogen and oxygen atoms in total. The third-order valence-corrected chi connectivity index (χ3v) is 5.37. The maximum Gasteiger partial charge on any atom is 0.573 e. The summed E-state index contributed by atoms with van der Waals surface area (Å²) in [5.74, 6) is -0.298. The quantitative estimate of drug-likeness (QED) is 0.714. The Kier molecular flexibility index (Phi) is 5.93. The molecule has 2 aliphatic heterocycles. The van der Waals surface area contributed by atoms with Crippen LogP contribution in [0.3, 0.4) is 0 Å². The van der Waals surface area contributed by atoms with Crippen LogP contribution in [0.4, 0.5) is 26.3 Å². The summed E-state index contributed by atoms with van der Waals surface area (Å²) in [6.07, 6.45) is -5.97. The van der Waals surface area contributed by atoms with Crippen LogP contribution < -0.4 is 20.8 Å². The van der Waals surface area contributed by atoms with Crippen molar-refractivity contribution in [2.24, 2.45) is 5.10 Å². The van der Waals surface area contributed by atoms with E-state index >= 15 is 0 Å². The van der Waals surface area contributed by atoms with Gasteiger partial charge in [0, 0.05) is 24.5 Å². The molecule has 2 aliphatic rings. The first-order valence-corrected chi connectivity index (χ1v) is 9.95. The molecular weight excluding hydrogens is 438 g/mol. The molecular formula is C21H20F6N4O. The van der Waals surface area contributed by atoms with Crippen molar-refractivity contribution in [2.45, 2.75) is 31.4 Å². The van der Waals surface area contributed by atoms with Crippen molar-refractivity contribution in [3.63, 3.8) is 0 Å². The fraction of sp³-hybridized carbons (Fsp3) is 0.381. The first kappa shape index (κ1) is 22.3. The van der Waals surface area contributed by atoms with Gasteiger partial charge in [0.1, 0.15) is 5.75 Å². The highest BCUT2D eigenvalue weighted by Gasteiger charge is 2.33. The molecule has 2 aromatic rings. The van der Waals surface area contributed by atoms with E-state index in [1.165, 1.54) is 29.2 Å². The number of ether oxygens (including phenoxy) is 1. The Labute approximate surface area is 179 Å². The number of fused-ring (bicyclic) bond motifs is 1. The van der Waals surface area contributed by atoms with Crippen LogP contribution in [0.15, 0.2) is 47.6 Å². The molecule has 0 atom stereocenters.